The summed E-state index contributed by atoms with van der Waals surface area (Å²) in [5, 5.41) is 0. The van der Waals surface area contributed by atoms with Crippen molar-refractivity contribution in [2.75, 3.05) is 20.2 Å². The number of hydrogen-bond acceptors (Lipinski definition) is 4. The van der Waals surface area contributed by atoms with E-state index in [1.165, 1.54) is 6.42 Å². The van der Waals surface area contributed by atoms with Gasteiger partial charge in [-0.15, -0.1) is 0 Å². The average molecular weight is 245 g/mol. The first kappa shape index (κ1) is 16.8. The molecule has 0 aliphatic heterocycles. The highest BCUT2D eigenvalue weighted by Gasteiger charge is 2.20. The summed E-state index contributed by atoms with van der Waals surface area (Å²) >= 11 is 0. The van der Waals surface area contributed by atoms with Crippen LogP contribution in [-0.2, 0) is 4.74 Å². The van der Waals surface area contributed by atoms with Crippen LogP contribution in [0.2, 0.25) is 0 Å². The molecule has 0 spiro atoms. The van der Waals surface area contributed by atoms with Crippen molar-refractivity contribution in [2.24, 2.45) is 5.41 Å². The van der Waals surface area contributed by atoms with Gasteiger partial charge in [-0.1, -0.05) is 27.2 Å². The number of hydrogen-bond donors (Lipinski definition) is 3. The molecule has 0 saturated carbocycles. The monoisotopic (exact) mass is 245 g/mol. The fourth-order valence-electron chi connectivity index (χ4n) is 1.37. The summed E-state index contributed by atoms with van der Waals surface area (Å²) in [5.74, 6) is 0. The molecule has 4 nitrogen and oxygen atoms in total. The highest BCUT2D eigenvalue weighted by atomic mass is 16.5. The van der Waals surface area contributed by atoms with E-state index >= 15 is 0 Å². The van der Waals surface area contributed by atoms with Crippen molar-refractivity contribution in [3.8, 4) is 0 Å². The minimum atomic E-state index is -0.0633. The van der Waals surface area contributed by atoms with Crippen molar-refractivity contribution in [1.29, 1.82) is 0 Å². The van der Waals surface area contributed by atoms with E-state index in [2.05, 4.69) is 51.0 Å². The summed E-state index contributed by atoms with van der Waals surface area (Å²) in [7, 11) is 1.83. The van der Waals surface area contributed by atoms with Crippen molar-refractivity contribution in [1.82, 2.24) is 16.4 Å². The van der Waals surface area contributed by atoms with Crippen molar-refractivity contribution in [3.63, 3.8) is 0 Å². The predicted octanol–water partition coefficient (Wildman–Crippen LogP) is 2.23. The van der Waals surface area contributed by atoms with E-state index in [4.69, 9.17) is 4.74 Å². The Kier molecular flexibility index (Phi) is 7.96. The molecule has 0 aliphatic rings. The summed E-state index contributed by atoms with van der Waals surface area (Å²) in [4.78, 5) is 0. The fourth-order valence-corrected chi connectivity index (χ4v) is 1.37. The number of nitrogens with one attached hydrogen (secondary N) is 3. The molecule has 0 rings (SSSR count). The van der Waals surface area contributed by atoms with E-state index in [0.29, 0.717) is 5.41 Å². The molecule has 3 N–H and O–H groups in total. The van der Waals surface area contributed by atoms with Gasteiger partial charge >= 0.3 is 0 Å². The van der Waals surface area contributed by atoms with Crippen LogP contribution in [0.25, 0.3) is 0 Å². The molecule has 104 valence electrons. The molecule has 0 fully saturated rings. The van der Waals surface area contributed by atoms with Crippen LogP contribution in [0.5, 0.6) is 0 Å². The van der Waals surface area contributed by atoms with E-state index in [0.717, 1.165) is 26.0 Å². The van der Waals surface area contributed by atoms with Gasteiger partial charge in [-0.3, -0.25) is 0 Å². The van der Waals surface area contributed by atoms with Gasteiger partial charge in [0.05, 0.1) is 5.60 Å². The highest BCUT2D eigenvalue weighted by Crippen LogP contribution is 2.25. The van der Waals surface area contributed by atoms with E-state index in [9.17, 15) is 0 Å². The molecule has 0 amide bonds. The summed E-state index contributed by atoms with van der Waals surface area (Å²) in [6.45, 7) is 12.8. The SMILES string of the molecule is CCC(C)(C)CCOC(C)(C)CCNNNC. The van der Waals surface area contributed by atoms with Gasteiger partial charge in [-0.05, 0) is 39.2 Å². The van der Waals surface area contributed by atoms with E-state index in [1.807, 2.05) is 7.05 Å². The molecular weight excluding hydrogens is 214 g/mol. The Labute approximate surface area is 107 Å². The third-order valence-electron chi connectivity index (χ3n) is 3.29. The zero-order chi connectivity index (χ0) is 13.4. The second-order valence-electron chi connectivity index (χ2n) is 5.93. The topological polar surface area (TPSA) is 45.3 Å². The number of rotatable bonds is 10. The lowest BCUT2D eigenvalue weighted by Crippen LogP contribution is -2.43. The van der Waals surface area contributed by atoms with Crippen LogP contribution in [0.3, 0.4) is 0 Å². The molecule has 0 bridgehead atoms. The second-order valence-corrected chi connectivity index (χ2v) is 5.93. The first-order valence-electron chi connectivity index (χ1n) is 6.61. The summed E-state index contributed by atoms with van der Waals surface area (Å²) < 4.78 is 5.96. The van der Waals surface area contributed by atoms with Gasteiger partial charge in [-0.2, -0.15) is 5.53 Å². The van der Waals surface area contributed by atoms with Crippen LogP contribution in [0.4, 0.5) is 0 Å². The first-order valence-corrected chi connectivity index (χ1v) is 6.61. The molecule has 0 aromatic heterocycles. The van der Waals surface area contributed by atoms with Gasteiger partial charge in [0.2, 0.25) is 0 Å². The lowest BCUT2D eigenvalue weighted by atomic mass is 9.87. The lowest BCUT2D eigenvalue weighted by molar-refractivity contribution is -0.0346. The Morgan fingerprint density at radius 1 is 1.06 bits per heavy atom. The Bertz CT molecular complexity index is 193. The molecule has 0 heterocycles. The van der Waals surface area contributed by atoms with Crippen LogP contribution in [0.15, 0.2) is 0 Å². The third-order valence-corrected chi connectivity index (χ3v) is 3.29. The average Bonchev–Trinajstić information content (AvgIpc) is 2.24. The maximum Gasteiger partial charge on any atom is 0.0639 e. The molecule has 0 unspecified atom stereocenters. The zero-order valence-corrected chi connectivity index (χ0v) is 12.4. The van der Waals surface area contributed by atoms with Gasteiger partial charge in [0, 0.05) is 13.2 Å². The molecule has 0 saturated heterocycles. The standard InChI is InChI=1S/C13H31N3O/c1-7-12(2,3)9-11-17-13(4,5)8-10-15-16-14-6/h14-16H,7-11H2,1-6H3. The molecule has 0 aromatic rings. The normalized spacial score (nSPS) is 13.1. The first-order chi connectivity index (χ1) is 7.83. The van der Waals surface area contributed by atoms with Crippen molar-refractivity contribution < 1.29 is 4.74 Å². The van der Waals surface area contributed by atoms with Crippen LogP contribution in [0.1, 0.15) is 53.9 Å². The molecule has 0 aliphatic carbocycles. The van der Waals surface area contributed by atoms with Crippen molar-refractivity contribution in [2.45, 2.75) is 59.5 Å². The van der Waals surface area contributed by atoms with Crippen LogP contribution >= 0.6 is 0 Å². The number of hydrazine groups is 2. The maximum atomic E-state index is 5.96. The van der Waals surface area contributed by atoms with Crippen molar-refractivity contribution >= 4 is 0 Å². The minimum Gasteiger partial charge on any atom is -0.376 e. The lowest BCUT2D eigenvalue weighted by Gasteiger charge is -2.29. The van der Waals surface area contributed by atoms with Crippen LogP contribution in [-0.4, -0.2) is 25.8 Å². The summed E-state index contributed by atoms with van der Waals surface area (Å²) in [5.41, 5.74) is 9.07. The smallest absolute Gasteiger partial charge is 0.0639 e. The highest BCUT2D eigenvalue weighted by molar-refractivity contribution is 4.71. The quantitative estimate of drug-likeness (QED) is 0.408. The molecule has 0 atom stereocenters. The Balaban J connectivity index is 3.70. The van der Waals surface area contributed by atoms with Gasteiger partial charge in [0.25, 0.3) is 0 Å². The Hall–Kier alpha value is -0.160. The summed E-state index contributed by atoms with van der Waals surface area (Å²) in [6, 6.07) is 0. The summed E-state index contributed by atoms with van der Waals surface area (Å²) in [6.07, 6.45) is 3.30. The third kappa shape index (κ3) is 9.53. The molecular formula is C13H31N3O. The maximum absolute atomic E-state index is 5.96. The largest absolute Gasteiger partial charge is 0.376 e. The van der Waals surface area contributed by atoms with Crippen LogP contribution < -0.4 is 16.4 Å². The predicted molar refractivity (Wildman–Crippen MR) is 73.5 cm³/mol. The molecule has 0 aromatic carbocycles. The van der Waals surface area contributed by atoms with Gasteiger partial charge in [-0.25, -0.2) is 10.9 Å². The Morgan fingerprint density at radius 2 is 1.71 bits per heavy atom. The zero-order valence-electron chi connectivity index (χ0n) is 12.4. The van der Waals surface area contributed by atoms with Gasteiger partial charge in [0.1, 0.15) is 0 Å². The van der Waals surface area contributed by atoms with Crippen molar-refractivity contribution in [3.05, 3.63) is 0 Å². The molecule has 17 heavy (non-hydrogen) atoms. The second kappa shape index (κ2) is 8.03. The van der Waals surface area contributed by atoms with Crippen LogP contribution in [0, 0.1) is 5.41 Å². The number of ether oxygens (including phenoxy) is 1. The minimum absolute atomic E-state index is 0.0633. The van der Waals surface area contributed by atoms with E-state index in [1.54, 1.807) is 0 Å². The van der Waals surface area contributed by atoms with E-state index < -0.39 is 0 Å². The fraction of sp³-hybridized carbons (Fsp3) is 1.00. The molecule has 0 radical (unpaired) electrons. The molecule has 4 heteroatoms. The van der Waals surface area contributed by atoms with Gasteiger partial charge < -0.3 is 4.74 Å². The van der Waals surface area contributed by atoms with E-state index in [-0.39, 0.29) is 5.60 Å². The Morgan fingerprint density at radius 3 is 2.24 bits per heavy atom. The van der Waals surface area contributed by atoms with Gasteiger partial charge in [0.15, 0.2) is 0 Å².